The molecule has 0 saturated carbocycles. The van der Waals surface area contributed by atoms with Crippen LogP contribution >= 0.6 is 27.5 Å². The summed E-state index contributed by atoms with van der Waals surface area (Å²) < 4.78 is 0.840. The molecule has 2 rings (SSSR count). The molecule has 1 amide bonds. The van der Waals surface area contributed by atoms with Crippen LogP contribution in [0.2, 0.25) is 5.02 Å². The molecule has 1 atom stereocenters. The third-order valence-corrected chi connectivity index (χ3v) is 3.36. The largest absolute Gasteiger partial charge is 0.344 e. The monoisotopic (exact) mass is 338 g/mol. The highest BCUT2D eigenvalue weighted by Crippen LogP contribution is 2.17. The topological polar surface area (TPSA) is 42.0 Å². The van der Waals surface area contributed by atoms with Crippen LogP contribution in [0.1, 0.15) is 29.0 Å². The SMILES string of the molecule is CC(NC(=O)c1ccc(Br)cn1)c1cccc(Cl)c1. The standard InChI is InChI=1S/C14H12BrClN2O/c1-9(10-3-2-4-12(16)7-10)18-14(19)13-6-5-11(15)8-17-13/h2-9H,1H3,(H,18,19). The number of carbonyl (C=O) groups excluding carboxylic acids is 1. The van der Waals surface area contributed by atoms with E-state index in [1.807, 2.05) is 25.1 Å². The zero-order chi connectivity index (χ0) is 13.8. The molecule has 0 aliphatic rings. The maximum Gasteiger partial charge on any atom is 0.270 e. The molecule has 19 heavy (non-hydrogen) atoms. The Bertz CT molecular complexity index is 586. The van der Waals surface area contributed by atoms with Crippen molar-refractivity contribution in [2.45, 2.75) is 13.0 Å². The van der Waals surface area contributed by atoms with Gasteiger partial charge in [0.25, 0.3) is 5.91 Å². The number of nitrogens with one attached hydrogen (secondary N) is 1. The van der Waals surface area contributed by atoms with E-state index < -0.39 is 0 Å². The Kier molecular flexibility index (Phi) is 4.56. The third kappa shape index (κ3) is 3.78. The summed E-state index contributed by atoms with van der Waals surface area (Å²) in [5.41, 5.74) is 1.34. The van der Waals surface area contributed by atoms with Crippen LogP contribution in [0.4, 0.5) is 0 Å². The third-order valence-electron chi connectivity index (χ3n) is 2.66. The van der Waals surface area contributed by atoms with E-state index in [1.165, 1.54) is 0 Å². The van der Waals surface area contributed by atoms with E-state index in [9.17, 15) is 4.79 Å². The first-order chi connectivity index (χ1) is 9.06. The lowest BCUT2D eigenvalue weighted by atomic mass is 10.1. The molecule has 0 aliphatic heterocycles. The van der Waals surface area contributed by atoms with E-state index in [0.717, 1.165) is 10.0 Å². The van der Waals surface area contributed by atoms with Crippen molar-refractivity contribution < 1.29 is 4.79 Å². The van der Waals surface area contributed by atoms with Crippen molar-refractivity contribution in [3.8, 4) is 0 Å². The average molecular weight is 340 g/mol. The number of amides is 1. The van der Waals surface area contributed by atoms with Gasteiger partial charge in [0.2, 0.25) is 0 Å². The number of carbonyl (C=O) groups is 1. The van der Waals surface area contributed by atoms with Crippen molar-refractivity contribution in [3.63, 3.8) is 0 Å². The number of rotatable bonds is 3. The Labute approximate surface area is 125 Å². The summed E-state index contributed by atoms with van der Waals surface area (Å²) in [4.78, 5) is 16.1. The fraction of sp³-hybridized carbons (Fsp3) is 0.143. The maximum atomic E-state index is 12.0. The lowest BCUT2D eigenvalue weighted by Gasteiger charge is -2.14. The van der Waals surface area contributed by atoms with Crippen molar-refractivity contribution in [1.82, 2.24) is 10.3 Å². The number of halogens is 2. The minimum absolute atomic E-state index is 0.128. The Morgan fingerprint density at radius 3 is 2.79 bits per heavy atom. The van der Waals surface area contributed by atoms with Crippen molar-refractivity contribution in [1.29, 1.82) is 0 Å². The first-order valence-corrected chi connectivity index (χ1v) is 6.91. The highest BCUT2D eigenvalue weighted by molar-refractivity contribution is 9.10. The number of hydrogen-bond donors (Lipinski definition) is 1. The molecule has 1 aromatic heterocycles. The molecule has 2 aromatic rings. The normalized spacial score (nSPS) is 11.9. The second-order valence-corrected chi connectivity index (χ2v) is 5.46. The lowest BCUT2D eigenvalue weighted by Crippen LogP contribution is -2.27. The second-order valence-electron chi connectivity index (χ2n) is 4.11. The molecule has 5 heteroatoms. The summed E-state index contributed by atoms with van der Waals surface area (Å²) in [5.74, 6) is -0.208. The first kappa shape index (κ1) is 14.0. The molecule has 1 heterocycles. The molecule has 0 radical (unpaired) electrons. The fourth-order valence-electron chi connectivity index (χ4n) is 1.64. The molecule has 0 aliphatic carbocycles. The number of benzene rings is 1. The van der Waals surface area contributed by atoms with Crippen LogP contribution in [-0.2, 0) is 0 Å². The zero-order valence-corrected chi connectivity index (χ0v) is 12.6. The van der Waals surface area contributed by atoms with E-state index in [0.29, 0.717) is 10.7 Å². The first-order valence-electron chi connectivity index (χ1n) is 5.74. The van der Waals surface area contributed by atoms with Gasteiger partial charge in [-0.3, -0.25) is 4.79 Å². The van der Waals surface area contributed by atoms with Gasteiger partial charge in [-0.05, 0) is 52.7 Å². The molecular formula is C14H12BrClN2O. The van der Waals surface area contributed by atoms with Gasteiger partial charge in [-0.15, -0.1) is 0 Å². The molecule has 1 aromatic carbocycles. The number of hydrogen-bond acceptors (Lipinski definition) is 2. The minimum Gasteiger partial charge on any atom is -0.344 e. The quantitative estimate of drug-likeness (QED) is 0.918. The van der Waals surface area contributed by atoms with E-state index in [1.54, 1.807) is 24.4 Å². The van der Waals surface area contributed by atoms with Crippen LogP contribution in [0.25, 0.3) is 0 Å². The smallest absolute Gasteiger partial charge is 0.270 e. The minimum atomic E-state index is -0.208. The van der Waals surface area contributed by atoms with Crippen molar-refractivity contribution in [2.24, 2.45) is 0 Å². The highest BCUT2D eigenvalue weighted by Gasteiger charge is 2.12. The lowest BCUT2D eigenvalue weighted by molar-refractivity contribution is 0.0935. The summed E-state index contributed by atoms with van der Waals surface area (Å²) in [6.45, 7) is 1.91. The molecule has 98 valence electrons. The molecular weight excluding hydrogens is 328 g/mol. The zero-order valence-electron chi connectivity index (χ0n) is 10.2. The van der Waals surface area contributed by atoms with Crippen molar-refractivity contribution in [2.75, 3.05) is 0 Å². The van der Waals surface area contributed by atoms with Crippen molar-refractivity contribution in [3.05, 3.63) is 63.3 Å². The Morgan fingerprint density at radius 2 is 2.16 bits per heavy atom. The molecule has 1 unspecified atom stereocenters. The average Bonchev–Trinajstić information content (AvgIpc) is 2.39. The molecule has 0 bridgehead atoms. The van der Waals surface area contributed by atoms with Gasteiger partial charge >= 0.3 is 0 Å². The van der Waals surface area contributed by atoms with Gasteiger partial charge in [-0.1, -0.05) is 23.7 Å². The number of nitrogens with zero attached hydrogens (tertiary/aromatic N) is 1. The Morgan fingerprint density at radius 1 is 1.37 bits per heavy atom. The molecule has 0 saturated heterocycles. The van der Waals surface area contributed by atoms with Crippen LogP contribution in [0.15, 0.2) is 47.1 Å². The molecule has 3 nitrogen and oxygen atoms in total. The van der Waals surface area contributed by atoms with Gasteiger partial charge in [-0.25, -0.2) is 4.98 Å². The summed E-state index contributed by atoms with van der Waals surface area (Å²) in [5, 5.41) is 3.54. The summed E-state index contributed by atoms with van der Waals surface area (Å²) in [6.07, 6.45) is 1.60. The molecule has 0 spiro atoms. The van der Waals surface area contributed by atoms with E-state index in [4.69, 9.17) is 11.6 Å². The fourth-order valence-corrected chi connectivity index (χ4v) is 2.07. The van der Waals surface area contributed by atoms with Crippen LogP contribution in [-0.4, -0.2) is 10.9 Å². The van der Waals surface area contributed by atoms with Gasteiger partial charge in [0.1, 0.15) is 5.69 Å². The van der Waals surface area contributed by atoms with Crippen LogP contribution in [0, 0.1) is 0 Å². The van der Waals surface area contributed by atoms with Gasteiger partial charge in [-0.2, -0.15) is 0 Å². The highest BCUT2D eigenvalue weighted by atomic mass is 79.9. The van der Waals surface area contributed by atoms with E-state index >= 15 is 0 Å². The second kappa shape index (κ2) is 6.17. The Hall–Kier alpha value is -1.39. The number of aromatic nitrogens is 1. The van der Waals surface area contributed by atoms with Gasteiger partial charge in [0.05, 0.1) is 6.04 Å². The van der Waals surface area contributed by atoms with Crippen molar-refractivity contribution >= 4 is 33.4 Å². The van der Waals surface area contributed by atoms with Gasteiger partial charge < -0.3 is 5.32 Å². The summed E-state index contributed by atoms with van der Waals surface area (Å²) >= 11 is 9.21. The van der Waals surface area contributed by atoms with Crippen LogP contribution in [0.5, 0.6) is 0 Å². The van der Waals surface area contributed by atoms with E-state index in [2.05, 4.69) is 26.2 Å². The van der Waals surface area contributed by atoms with Gasteiger partial charge in [0, 0.05) is 15.7 Å². The summed E-state index contributed by atoms with van der Waals surface area (Å²) in [7, 11) is 0. The van der Waals surface area contributed by atoms with E-state index in [-0.39, 0.29) is 11.9 Å². The van der Waals surface area contributed by atoms with Crippen LogP contribution < -0.4 is 5.32 Å². The van der Waals surface area contributed by atoms with Crippen LogP contribution in [0.3, 0.4) is 0 Å². The molecule has 1 N–H and O–H groups in total. The Balaban J connectivity index is 2.08. The summed E-state index contributed by atoms with van der Waals surface area (Å²) in [6, 6.07) is 10.7. The van der Waals surface area contributed by atoms with Gasteiger partial charge in [0.15, 0.2) is 0 Å². The molecule has 0 fully saturated rings. The predicted octanol–water partition coefficient (Wildman–Crippen LogP) is 3.99. The predicted molar refractivity (Wildman–Crippen MR) is 79.3 cm³/mol. The number of pyridine rings is 1. The maximum absolute atomic E-state index is 12.0.